The summed E-state index contributed by atoms with van der Waals surface area (Å²) in [7, 11) is 1.44. The normalized spacial score (nSPS) is 11.7. The van der Waals surface area contributed by atoms with Crippen LogP contribution in [-0.2, 0) is 16.0 Å². The SMILES string of the molecule is COC(=O)C(C)(C)Cc1cc(C)c(-c2nc3ccccc3[nH]2)c(C)c1. The lowest BCUT2D eigenvalue weighted by molar-refractivity contribution is -0.150. The van der Waals surface area contributed by atoms with Crippen molar-refractivity contribution < 1.29 is 9.53 Å². The van der Waals surface area contributed by atoms with Gasteiger partial charge in [-0.3, -0.25) is 4.79 Å². The van der Waals surface area contributed by atoms with E-state index in [2.05, 4.69) is 31.0 Å². The Bertz CT molecular complexity index is 882. The van der Waals surface area contributed by atoms with Gasteiger partial charge in [0.15, 0.2) is 0 Å². The van der Waals surface area contributed by atoms with Crippen LogP contribution in [0.3, 0.4) is 0 Å². The molecule has 0 fully saturated rings. The highest BCUT2D eigenvalue weighted by atomic mass is 16.5. The molecule has 1 heterocycles. The van der Waals surface area contributed by atoms with Crippen LogP contribution in [0.4, 0.5) is 0 Å². The van der Waals surface area contributed by atoms with Crippen LogP contribution < -0.4 is 0 Å². The van der Waals surface area contributed by atoms with Crippen LogP contribution in [0.15, 0.2) is 36.4 Å². The number of ether oxygens (including phenoxy) is 1. The first-order valence-electron chi connectivity index (χ1n) is 8.45. The molecule has 25 heavy (non-hydrogen) atoms. The number of esters is 1. The molecule has 3 rings (SSSR count). The lowest BCUT2D eigenvalue weighted by Crippen LogP contribution is -2.28. The highest BCUT2D eigenvalue weighted by Crippen LogP contribution is 2.31. The minimum Gasteiger partial charge on any atom is -0.469 e. The Morgan fingerprint density at radius 2 is 1.80 bits per heavy atom. The van der Waals surface area contributed by atoms with Crippen LogP contribution in [0, 0.1) is 19.3 Å². The van der Waals surface area contributed by atoms with E-state index in [1.807, 2.05) is 38.1 Å². The number of hydrogen-bond acceptors (Lipinski definition) is 3. The molecule has 1 aromatic heterocycles. The number of H-pyrrole nitrogens is 1. The molecule has 0 unspecified atom stereocenters. The van der Waals surface area contributed by atoms with Gasteiger partial charge in [-0.2, -0.15) is 0 Å². The molecular formula is C21H24N2O2. The number of hydrogen-bond donors (Lipinski definition) is 1. The fourth-order valence-electron chi connectivity index (χ4n) is 3.46. The van der Waals surface area contributed by atoms with Gasteiger partial charge < -0.3 is 9.72 Å². The first-order valence-corrected chi connectivity index (χ1v) is 8.45. The number of para-hydroxylation sites is 2. The van der Waals surface area contributed by atoms with Crippen LogP contribution >= 0.6 is 0 Å². The summed E-state index contributed by atoms with van der Waals surface area (Å²) in [5.41, 5.74) is 6.00. The minimum atomic E-state index is -0.547. The zero-order valence-corrected chi connectivity index (χ0v) is 15.4. The highest BCUT2D eigenvalue weighted by molar-refractivity contribution is 5.81. The van der Waals surface area contributed by atoms with E-state index < -0.39 is 5.41 Å². The van der Waals surface area contributed by atoms with E-state index in [4.69, 9.17) is 9.72 Å². The topological polar surface area (TPSA) is 55.0 Å². The molecule has 0 spiro atoms. The van der Waals surface area contributed by atoms with Crippen molar-refractivity contribution in [2.24, 2.45) is 5.41 Å². The van der Waals surface area contributed by atoms with E-state index in [0.717, 1.165) is 39.1 Å². The van der Waals surface area contributed by atoms with Gasteiger partial charge in [-0.05, 0) is 62.9 Å². The molecule has 3 aromatic rings. The van der Waals surface area contributed by atoms with Gasteiger partial charge in [-0.15, -0.1) is 0 Å². The molecule has 0 saturated carbocycles. The van der Waals surface area contributed by atoms with Gasteiger partial charge in [0.05, 0.1) is 23.6 Å². The maximum atomic E-state index is 12.0. The van der Waals surface area contributed by atoms with E-state index in [1.165, 1.54) is 7.11 Å². The molecule has 130 valence electrons. The smallest absolute Gasteiger partial charge is 0.311 e. The summed E-state index contributed by atoms with van der Waals surface area (Å²) in [4.78, 5) is 20.1. The number of imidazole rings is 1. The maximum Gasteiger partial charge on any atom is 0.311 e. The third-order valence-electron chi connectivity index (χ3n) is 4.60. The van der Waals surface area contributed by atoms with Gasteiger partial charge in [0.1, 0.15) is 5.82 Å². The molecule has 0 radical (unpaired) electrons. The third-order valence-corrected chi connectivity index (χ3v) is 4.60. The number of carbonyl (C=O) groups excluding carboxylic acids is 1. The average Bonchev–Trinajstić information content (AvgIpc) is 2.96. The van der Waals surface area contributed by atoms with Crippen LogP contribution in [0.2, 0.25) is 0 Å². The van der Waals surface area contributed by atoms with E-state index in [0.29, 0.717) is 6.42 Å². The Kier molecular flexibility index (Phi) is 4.38. The second-order valence-electron chi connectivity index (χ2n) is 7.26. The Morgan fingerprint density at radius 1 is 1.16 bits per heavy atom. The minimum absolute atomic E-state index is 0.191. The van der Waals surface area contributed by atoms with Crippen molar-refractivity contribution in [1.29, 1.82) is 0 Å². The lowest BCUT2D eigenvalue weighted by atomic mass is 9.84. The number of rotatable bonds is 4. The van der Waals surface area contributed by atoms with Gasteiger partial charge in [-0.25, -0.2) is 4.98 Å². The van der Waals surface area contributed by atoms with Crippen molar-refractivity contribution in [3.05, 3.63) is 53.1 Å². The van der Waals surface area contributed by atoms with Crippen molar-refractivity contribution in [3.8, 4) is 11.4 Å². The van der Waals surface area contributed by atoms with Gasteiger partial charge in [0.2, 0.25) is 0 Å². The predicted molar refractivity (Wildman–Crippen MR) is 101 cm³/mol. The second kappa shape index (κ2) is 6.36. The van der Waals surface area contributed by atoms with Crippen molar-refractivity contribution in [2.45, 2.75) is 34.1 Å². The molecule has 2 aromatic carbocycles. The molecule has 0 atom stereocenters. The molecule has 0 saturated heterocycles. The van der Waals surface area contributed by atoms with Gasteiger partial charge in [0.25, 0.3) is 0 Å². The number of benzene rings is 2. The monoisotopic (exact) mass is 336 g/mol. The maximum absolute atomic E-state index is 12.0. The summed E-state index contributed by atoms with van der Waals surface area (Å²) in [5, 5.41) is 0. The predicted octanol–water partition coefficient (Wildman–Crippen LogP) is 4.59. The van der Waals surface area contributed by atoms with E-state index >= 15 is 0 Å². The largest absolute Gasteiger partial charge is 0.469 e. The van der Waals surface area contributed by atoms with Gasteiger partial charge >= 0.3 is 5.97 Å². The Balaban J connectivity index is 1.99. The van der Waals surface area contributed by atoms with Crippen LogP contribution in [-0.4, -0.2) is 23.0 Å². The van der Waals surface area contributed by atoms with E-state index in [9.17, 15) is 4.79 Å². The number of aryl methyl sites for hydroxylation is 2. The number of fused-ring (bicyclic) bond motifs is 1. The van der Waals surface area contributed by atoms with Gasteiger partial charge in [-0.1, -0.05) is 24.3 Å². The van der Waals surface area contributed by atoms with Crippen molar-refractivity contribution >= 4 is 17.0 Å². The standard InChI is InChI=1S/C21H24N2O2/c1-13-10-15(12-21(3,4)20(24)25-5)11-14(2)18(13)19-22-16-8-6-7-9-17(16)23-19/h6-11H,12H2,1-5H3,(H,22,23). The fraction of sp³-hybridized carbons (Fsp3) is 0.333. The second-order valence-corrected chi connectivity index (χ2v) is 7.26. The molecule has 4 heteroatoms. The number of aromatic nitrogens is 2. The molecule has 0 aliphatic rings. The first kappa shape index (κ1) is 17.2. The molecule has 0 amide bonds. The number of methoxy groups -OCH3 is 1. The Hall–Kier alpha value is -2.62. The highest BCUT2D eigenvalue weighted by Gasteiger charge is 2.29. The van der Waals surface area contributed by atoms with E-state index in [-0.39, 0.29) is 5.97 Å². The molecule has 0 aliphatic heterocycles. The first-order chi connectivity index (χ1) is 11.8. The summed E-state index contributed by atoms with van der Waals surface area (Å²) in [5.74, 6) is 0.694. The summed E-state index contributed by atoms with van der Waals surface area (Å²) in [6.45, 7) is 8.00. The molecule has 0 aliphatic carbocycles. The summed E-state index contributed by atoms with van der Waals surface area (Å²) < 4.78 is 4.92. The Labute approximate surface area is 148 Å². The van der Waals surface area contributed by atoms with Crippen LogP contribution in [0.1, 0.15) is 30.5 Å². The number of aromatic amines is 1. The van der Waals surface area contributed by atoms with Crippen molar-refractivity contribution in [3.63, 3.8) is 0 Å². The third kappa shape index (κ3) is 3.29. The summed E-state index contributed by atoms with van der Waals surface area (Å²) in [6, 6.07) is 12.3. The fourth-order valence-corrected chi connectivity index (χ4v) is 3.46. The van der Waals surface area contributed by atoms with Crippen LogP contribution in [0.5, 0.6) is 0 Å². The average molecular weight is 336 g/mol. The molecule has 0 bridgehead atoms. The van der Waals surface area contributed by atoms with Crippen LogP contribution in [0.25, 0.3) is 22.4 Å². The number of carbonyl (C=O) groups is 1. The van der Waals surface area contributed by atoms with Crippen molar-refractivity contribution in [2.75, 3.05) is 7.11 Å². The molecular weight excluding hydrogens is 312 g/mol. The molecule has 4 nitrogen and oxygen atoms in total. The zero-order valence-electron chi connectivity index (χ0n) is 15.4. The summed E-state index contributed by atoms with van der Waals surface area (Å²) >= 11 is 0. The van der Waals surface area contributed by atoms with Crippen molar-refractivity contribution in [1.82, 2.24) is 9.97 Å². The number of nitrogens with one attached hydrogen (secondary N) is 1. The quantitative estimate of drug-likeness (QED) is 0.709. The Morgan fingerprint density at radius 3 is 2.40 bits per heavy atom. The van der Waals surface area contributed by atoms with E-state index in [1.54, 1.807) is 0 Å². The molecule has 1 N–H and O–H groups in total. The number of nitrogens with zero attached hydrogens (tertiary/aromatic N) is 1. The van der Waals surface area contributed by atoms with Gasteiger partial charge in [0, 0.05) is 5.56 Å². The summed E-state index contributed by atoms with van der Waals surface area (Å²) in [6.07, 6.45) is 0.641. The zero-order chi connectivity index (χ0) is 18.2. The lowest BCUT2D eigenvalue weighted by Gasteiger charge is -2.22.